The zero-order valence-corrected chi connectivity index (χ0v) is 22.5. The quantitative estimate of drug-likeness (QED) is 0.218. The molecule has 0 saturated heterocycles. The lowest BCUT2D eigenvalue weighted by Crippen LogP contribution is -2.18. The van der Waals surface area contributed by atoms with Gasteiger partial charge in [0.2, 0.25) is 0 Å². The zero-order chi connectivity index (χ0) is 28.2. The molecule has 1 unspecified atom stereocenters. The summed E-state index contributed by atoms with van der Waals surface area (Å²) in [6, 6.07) is 24.6. The lowest BCUT2D eigenvalue weighted by Gasteiger charge is -2.23. The molecule has 1 aliphatic heterocycles. The molecule has 1 atom stereocenters. The smallest absolute Gasteiger partial charge is 0.189 e. The fourth-order valence-corrected chi connectivity index (χ4v) is 5.08. The molecule has 0 spiro atoms. The third kappa shape index (κ3) is 5.31. The van der Waals surface area contributed by atoms with Crippen LogP contribution in [0.1, 0.15) is 29.0 Å². The van der Waals surface area contributed by atoms with Crippen molar-refractivity contribution in [1.82, 2.24) is 0 Å². The Hall–Kier alpha value is -4.91. The van der Waals surface area contributed by atoms with Crippen molar-refractivity contribution in [3.8, 4) is 51.4 Å². The molecule has 40 heavy (non-hydrogen) atoms. The third-order valence-electron chi connectivity index (χ3n) is 7.10. The number of fused-ring (bicyclic) bond motifs is 1. The first kappa shape index (κ1) is 26.7. The number of phenols is 2. The molecule has 2 N–H and O–H groups in total. The van der Waals surface area contributed by atoms with E-state index in [9.17, 15) is 15.0 Å². The highest BCUT2D eigenvalue weighted by molar-refractivity contribution is 5.73. The third-order valence-corrected chi connectivity index (χ3v) is 7.10. The molecule has 2 aliphatic rings. The molecule has 0 bridgehead atoms. The maximum Gasteiger partial charge on any atom is 0.189 e. The van der Waals surface area contributed by atoms with Crippen molar-refractivity contribution in [2.45, 2.75) is 18.8 Å². The molecule has 7 nitrogen and oxygen atoms in total. The van der Waals surface area contributed by atoms with Crippen molar-refractivity contribution in [3.63, 3.8) is 0 Å². The van der Waals surface area contributed by atoms with E-state index in [1.807, 2.05) is 54.6 Å². The summed E-state index contributed by atoms with van der Waals surface area (Å²) in [4.78, 5) is 13.7. The molecule has 0 amide bonds. The SMILES string of the molecule is COc1ccc(-c2ccc3c(OC)c(C(CCc4ccc(O)cc4OC)c4ccc(O)cc4)c(=O)cc-3o2)cc1. The average Bonchev–Trinajstić information content (AvgIpc) is 2.98. The Morgan fingerprint density at radius 2 is 1.48 bits per heavy atom. The van der Waals surface area contributed by atoms with Gasteiger partial charge in [0.25, 0.3) is 0 Å². The van der Waals surface area contributed by atoms with Gasteiger partial charge in [0.1, 0.15) is 40.3 Å². The van der Waals surface area contributed by atoms with Gasteiger partial charge in [0.05, 0.1) is 26.9 Å². The number of methoxy groups -OCH3 is 3. The van der Waals surface area contributed by atoms with Crippen LogP contribution >= 0.6 is 0 Å². The number of hydrogen-bond acceptors (Lipinski definition) is 7. The summed E-state index contributed by atoms with van der Waals surface area (Å²) < 4.78 is 22.8. The topological polar surface area (TPSA) is 98.4 Å². The van der Waals surface area contributed by atoms with Crippen LogP contribution in [-0.4, -0.2) is 31.5 Å². The molecule has 3 aromatic carbocycles. The standard InChI is InChI=1S/C33H30O7/c1-37-25-13-7-21(8-14-25)29-17-16-27-31(40-29)19-28(36)32(33(27)39-3)26(20-4-10-23(34)11-5-20)15-9-22-6-12-24(35)18-30(22)38-2/h4-8,10-14,16-19,26,34-35H,9,15H2,1-3H3. The molecular formula is C33H30O7. The van der Waals surface area contributed by atoms with Gasteiger partial charge in [-0.1, -0.05) is 18.2 Å². The molecule has 7 heteroatoms. The predicted molar refractivity (Wildman–Crippen MR) is 153 cm³/mol. The van der Waals surface area contributed by atoms with Crippen LogP contribution in [0.5, 0.6) is 28.7 Å². The second-order valence-corrected chi connectivity index (χ2v) is 9.44. The van der Waals surface area contributed by atoms with Gasteiger partial charge in [-0.2, -0.15) is 0 Å². The van der Waals surface area contributed by atoms with E-state index in [2.05, 4.69) is 0 Å². The largest absolute Gasteiger partial charge is 0.508 e. The van der Waals surface area contributed by atoms with Crippen molar-refractivity contribution in [3.05, 3.63) is 112 Å². The molecule has 0 radical (unpaired) electrons. The van der Waals surface area contributed by atoms with E-state index in [0.29, 0.717) is 47.0 Å². The van der Waals surface area contributed by atoms with Gasteiger partial charge in [-0.25, -0.2) is 0 Å². The van der Waals surface area contributed by atoms with Gasteiger partial charge in [0.15, 0.2) is 5.43 Å². The van der Waals surface area contributed by atoms with Crippen molar-refractivity contribution >= 4 is 0 Å². The summed E-state index contributed by atoms with van der Waals surface area (Å²) >= 11 is 0. The highest BCUT2D eigenvalue weighted by atomic mass is 16.5. The first-order chi connectivity index (χ1) is 19.4. The Bertz CT molecular complexity index is 1640. The average molecular weight is 539 g/mol. The molecule has 0 saturated carbocycles. The number of hydrogen-bond donors (Lipinski definition) is 2. The Balaban J connectivity index is 1.60. The Kier molecular flexibility index (Phi) is 7.64. The van der Waals surface area contributed by atoms with Crippen LogP contribution in [0.4, 0.5) is 0 Å². The van der Waals surface area contributed by atoms with Crippen LogP contribution in [0, 0.1) is 0 Å². The monoisotopic (exact) mass is 538 g/mol. The summed E-state index contributed by atoms with van der Waals surface area (Å²) in [5.74, 6) is 2.69. The molecule has 0 aromatic heterocycles. The minimum absolute atomic E-state index is 0.117. The minimum Gasteiger partial charge on any atom is -0.508 e. The molecule has 5 rings (SSSR count). The Morgan fingerprint density at radius 3 is 2.15 bits per heavy atom. The summed E-state index contributed by atoms with van der Waals surface area (Å²) in [5.41, 5.74) is 3.58. The van der Waals surface area contributed by atoms with E-state index in [-0.39, 0.29) is 22.8 Å². The zero-order valence-electron chi connectivity index (χ0n) is 22.5. The van der Waals surface area contributed by atoms with Crippen LogP contribution in [-0.2, 0) is 6.42 Å². The van der Waals surface area contributed by atoms with Gasteiger partial charge < -0.3 is 28.8 Å². The summed E-state index contributed by atoms with van der Waals surface area (Å²) in [6.45, 7) is 0. The second-order valence-electron chi connectivity index (χ2n) is 9.44. The first-order valence-electron chi connectivity index (χ1n) is 12.9. The van der Waals surface area contributed by atoms with Crippen molar-refractivity contribution in [1.29, 1.82) is 0 Å². The minimum atomic E-state index is -0.354. The van der Waals surface area contributed by atoms with Gasteiger partial charge >= 0.3 is 0 Å². The van der Waals surface area contributed by atoms with Gasteiger partial charge in [-0.3, -0.25) is 4.79 Å². The number of aromatic hydroxyl groups is 2. The fourth-order valence-electron chi connectivity index (χ4n) is 5.08. The van der Waals surface area contributed by atoms with Crippen LogP contribution in [0.25, 0.3) is 22.6 Å². The van der Waals surface area contributed by atoms with Gasteiger partial charge in [-0.15, -0.1) is 0 Å². The van der Waals surface area contributed by atoms with Crippen molar-refractivity contribution < 1.29 is 28.8 Å². The molecule has 1 heterocycles. The molecule has 204 valence electrons. The predicted octanol–water partition coefficient (Wildman–Crippen LogP) is 6.61. The van der Waals surface area contributed by atoms with Crippen molar-refractivity contribution in [2.24, 2.45) is 0 Å². The maximum absolute atomic E-state index is 13.7. The van der Waals surface area contributed by atoms with E-state index >= 15 is 0 Å². The molecule has 0 fully saturated rings. The van der Waals surface area contributed by atoms with Crippen LogP contribution in [0.3, 0.4) is 0 Å². The summed E-state index contributed by atoms with van der Waals surface area (Å²) in [5, 5.41) is 19.8. The van der Waals surface area contributed by atoms with E-state index < -0.39 is 0 Å². The van der Waals surface area contributed by atoms with E-state index in [4.69, 9.17) is 18.6 Å². The number of ether oxygens (including phenoxy) is 3. The van der Waals surface area contributed by atoms with Gasteiger partial charge in [0, 0.05) is 29.2 Å². The maximum atomic E-state index is 13.7. The van der Waals surface area contributed by atoms with E-state index in [0.717, 1.165) is 22.4 Å². The van der Waals surface area contributed by atoms with E-state index in [1.165, 1.54) is 6.07 Å². The highest BCUT2D eigenvalue weighted by Crippen LogP contribution is 2.42. The molecule has 1 aliphatic carbocycles. The van der Waals surface area contributed by atoms with Crippen molar-refractivity contribution in [2.75, 3.05) is 21.3 Å². The number of benzene rings is 4. The summed E-state index contributed by atoms with van der Waals surface area (Å²) in [7, 11) is 4.72. The highest BCUT2D eigenvalue weighted by Gasteiger charge is 2.27. The number of phenolic OH excluding ortho intramolecular Hbond substituents is 2. The van der Waals surface area contributed by atoms with Crippen LogP contribution < -0.4 is 19.6 Å². The first-order valence-corrected chi connectivity index (χ1v) is 12.9. The normalized spacial score (nSPS) is 11.8. The van der Waals surface area contributed by atoms with Crippen LogP contribution in [0.2, 0.25) is 0 Å². The molecular weight excluding hydrogens is 508 g/mol. The lowest BCUT2D eigenvalue weighted by molar-refractivity contribution is 0.399. The Morgan fingerprint density at radius 1 is 0.750 bits per heavy atom. The van der Waals surface area contributed by atoms with Crippen LogP contribution in [0.15, 0.2) is 94.1 Å². The fraction of sp³-hybridized carbons (Fsp3) is 0.182. The van der Waals surface area contributed by atoms with E-state index in [1.54, 1.807) is 45.6 Å². The van der Waals surface area contributed by atoms with Gasteiger partial charge in [-0.05, 0) is 78.6 Å². The summed E-state index contributed by atoms with van der Waals surface area (Å²) in [6.07, 6.45) is 1.11. The number of rotatable bonds is 9. The lowest BCUT2D eigenvalue weighted by atomic mass is 9.84. The second kappa shape index (κ2) is 11.5. The molecule has 3 aromatic rings. The number of aryl methyl sites for hydroxylation is 1. The Labute approximate surface area is 232 Å².